The maximum atomic E-state index is 5.74. The maximum absolute atomic E-state index is 5.74. The minimum atomic E-state index is 0.307. The van der Waals surface area contributed by atoms with E-state index in [0.29, 0.717) is 5.41 Å². The molecule has 0 unspecified atom stereocenters. The molecular formula is C9H15N2S+. The molecule has 0 spiro atoms. The molecule has 0 amide bonds. The lowest BCUT2D eigenvalue weighted by molar-refractivity contribution is -0.375. The average Bonchev–Trinajstić information content (AvgIpc) is 2.30. The third-order valence-electron chi connectivity index (χ3n) is 2.64. The number of nitrogens with two attached hydrogens (primary N) is 1. The molecule has 3 N–H and O–H groups in total. The zero-order valence-corrected chi connectivity index (χ0v) is 8.42. The average molecular weight is 183 g/mol. The molecule has 0 bridgehead atoms. The Labute approximate surface area is 76.8 Å². The maximum Gasteiger partial charge on any atom is 0.329 e. The second kappa shape index (κ2) is 2.46. The number of thiazole rings is 1. The summed E-state index contributed by atoms with van der Waals surface area (Å²) < 4.78 is 0. The molecule has 1 heterocycles. The number of hydrogen-bond acceptors (Lipinski definition) is 2. The molecular weight excluding hydrogens is 168 g/mol. The molecule has 0 aliphatic heterocycles. The highest BCUT2D eigenvalue weighted by molar-refractivity contribution is 7.15. The van der Waals surface area contributed by atoms with Crippen molar-refractivity contribution in [2.75, 3.05) is 5.73 Å². The molecule has 0 aromatic carbocycles. The van der Waals surface area contributed by atoms with Crippen molar-refractivity contribution in [1.29, 1.82) is 0 Å². The quantitative estimate of drug-likeness (QED) is 0.654. The first kappa shape index (κ1) is 8.05. The standard InChI is InChI=1S/C9H14N2S/c1-9(2)5-3-4-6-7(9)11-8(10)12-6/h3-5H2,1-2H3,(H2,10,11)/p+1. The largest absolute Gasteiger partial charge is 0.329 e. The van der Waals surface area contributed by atoms with Gasteiger partial charge in [0, 0.05) is 5.41 Å². The highest BCUT2D eigenvalue weighted by Crippen LogP contribution is 2.37. The van der Waals surface area contributed by atoms with Crippen molar-refractivity contribution in [2.45, 2.75) is 38.5 Å². The third-order valence-corrected chi connectivity index (χ3v) is 3.62. The molecule has 1 aromatic heterocycles. The smallest absolute Gasteiger partial charge is 0.278 e. The van der Waals surface area contributed by atoms with Crippen molar-refractivity contribution < 1.29 is 4.98 Å². The van der Waals surface area contributed by atoms with Gasteiger partial charge in [-0.1, -0.05) is 25.2 Å². The topological polar surface area (TPSA) is 40.2 Å². The fourth-order valence-electron chi connectivity index (χ4n) is 1.94. The molecule has 1 aliphatic rings. The Kier molecular flexibility index (Phi) is 1.65. The van der Waals surface area contributed by atoms with Crippen molar-refractivity contribution in [3.05, 3.63) is 10.6 Å². The molecule has 1 aromatic rings. The Morgan fingerprint density at radius 2 is 2.25 bits per heavy atom. The summed E-state index contributed by atoms with van der Waals surface area (Å²) in [6.07, 6.45) is 3.78. The van der Waals surface area contributed by atoms with E-state index >= 15 is 0 Å². The van der Waals surface area contributed by atoms with E-state index < -0.39 is 0 Å². The van der Waals surface area contributed by atoms with Crippen LogP contribution in [0.3, 0.4) is 0 Å². The summed E-state index contributed by atoms with van der Waals surface area (Å²) in [6.45, 7) is 4.57. The van der Waals surface area contributed by atoms with Gasteiger partial charge in [0.05, 0.1) is 4.88 Å². The van der Waals surface area contributed by atoms with Gasteiger partial charge in [-0.15, -0.1) is 0 Å². The van der Waals surface area contributed by atoms with E-state index in [9.17, 15) is 0 Å². The van der Waals surface area contributed by atoms with Gasteiger partial charge in [-0.05, 0) is 19.3 Å². The molecule has 0 saturated heterocycles. The summed E-state index contributed by atoms with van der Waals surface area (Å²) in [5.74, 6) is 0. The van der Waals surface area contributed by atoms with E-state index in [0.717, 1.165) is 5.13 Å². The zero-order chi connectivity index (χ0) is 8.77. The van der Waals surface area contributed by atoms with Crippen molar-refractivity contribution in [2.24, 2.45) is 0 Å². The molecule has 2 nitrogen and oxygen atoms in total. The van der Waals surface area contributed by atoms with Crippen molar-refractivity contribution in [3.8, 4) is 0 Å². The van der Waals surface area contributed by atoms with E-state index in [1.54, 1.807) is 11.3 Å². The van der Waals surface area contributed by atoms with Crippen LogP contribution in [0.5, 0.6) is 0 Å². The van der Waals surface area contributed by atoms with Crippen molar-refractivity contribution in [1.82, 2.24) is 0 Å². The van der Waals surface area contributed by atoms with E-state index in [4.69, 9.17) is 5.73 Å². The minimum absolute atomic E-state index is 0.307. The van der Waals surface area contributed by atoms with Gasteiger partial charge in [0.1, 0.15) is 5.69 Å². The second-order valence-corrected chi connectivity index (χ2v) is 5.26. The first-order valence-electron chi connectivity index (χ1n) is 4.40. The molecule has 0 atom stereocenters. The van der Waals surface area contributed by atoms with Crippen LogP contribution in [0.25, 0.3) is 0 Å². The first-order chi connectivity index (χ1) is 5.59. The Morgan fingerprint density at radius 3 is 2.92 bits per heavy atom. The lowest BCUT2D eigenvalue weighted by atomic mass is 9.79. The van der Waals surface area contributed by atoms with E-state index in [1.807, 2.05) is 0 Å². The zero-order valence-electron chi connectivity index (χ0n) is 7.61. The monoisotopic (exact) mass is 183 g/mol. The Bertz CT molecular complexity index is 301. The van der Waals surface area contributed by atoms with E-state index in [2.05, 4.69) is 18.8 Å². The lowest BCUT2D eigenvalue weighted by Crippen LogP contribution is -2.30. The van der Waals surface area contributed by atoms with Crippen LogP contribution in [0, 0.1) is 0 Å². The number of anilines is 1. The van der Waals surface area contributed by atoms with E-state index in [1.165, 1.54) is 29.8 Å². The highest BCUT2D eigenvalue weighted by atomic mass is 32.1. The predicted molar refractivity (Wildman–Crippen MR) is 51.3 cm³/mol. The fraction of sp³-hybridized carbons (Fsp3) is 0.667. The molecule has 12 heavy (non-hydrogen) atoms. The van der Waals surface area contributed by atoms with Crippen LogP contribution in [0.1, 0.15) is 37.3 Å². The minimum Gasteiger partial charge on any atom is -0.278 e. The van der Waals surface area contributed by atoms with E-state index in [-0.39, 0.29) is 0 Å². The Morgan fingerprint density at radius 1 is 1.50 bits per heavy atom. The van der Waals surface area contributed by atoms with Gasteiger partial charge in [-0.25, -0.2) is 4.98 Å². The SMILES string of the molecule is CC1(C)CCCc2sc(N)[nH+]c21. The van der Waals surface area contributed by atoms with Crippen LogP contribution in [0.15, 0.2) is 0 Å². The van der Waals surface area contributed by atoms with Crippen LogP contribution in [0.2, 0.25) is 0 Å². The molecule has 66 valence electrons. The molecule has 0 radical (unpaired) electrons. The van der Waals surface area contributed by atoms with Gasteiger partial charge >= 0.3 is 5.13 Å². The second-order valence-electron chi connectivity index (χ2n) is 4.13. The van der Waals surface area contributed by atoms with Crippen LogP contribution in [-0.4, -0.2) is 0 Å². The number of fused-ring (bicyclic) bond motifs is 1. The van der Waals surface area contributed by atoms with Gasteiger partial charge in [-0.2, -0.15) is 0 Å². The Balaban J connectivity index is 2.51. The molecule has 0 saturated carbocycles. The number of nitrogen functional groups attached to an aromatic ring is 1. The number of nitrogens with one attached hydrogen (secondary N) is 1. The molecule has 1 aliphatic carbocycles. The molecule has 2 rings (SSSR count). The first-order valence-corrected chi connectivity index (χ1v) is 5.22. The van der Waals surface area contributed by atoms with Gasteiger partial charge in [0.15, 0.2) is 0 Å². The number of hydrogen-bond donors (Lipinski definition) is 1. The summed E-state index contributed by atoms with van der Waals surface area (Å²) in [7, 11) is 0. The number of H-pyrrole nitrogens is 1. The summed E-state index contributed by atoms with van der Waals surface area (Å²) in [5, 5.41) is 0.856. The predicted octanol–water partition coefficient (Wildman–Crippen LogP) is 1.76. The van der Waals surface area contributed by atoms with Crippen molar-refractivity contribution >= 4 is 16.5 Å². The van der Waals surface area contributed by atoms with Gasteiger partial charge < -0.3 is 0 Å². The van der Waals surface area contributed by atoms with Crippen LogP contribution in [-0.2, 0) is 11.8 Å². The van der Waals surface area contributed by atoms with Crippen molar-refractivity contribution in [3.63, 3.8) is 0 Å². The van der Waals surface area contributed by atoms with Crippen LogP contribution in [0.4, 0.5) is 5.13 Å². The number of aromatic amines is 1. The summed E-state index contributed by atoms with van der Waals surface area (Å²) in [4.78, 5) is 4.74. The van der Waals surface area contributed by atoms with Gasteiger partial charge in [0.25, 0.3) is 0 Å². The summed E-state index contributed by atoms with van der Waals surface area (Å²) in [6, 6.07) is 0. The number of aromatic nitrogens is 1. The Hall–Kier alpha value is -0.570. The fourth-order valence-corrected chi connectivity index (χ4v) is 3.04. The van der Waals surface area contributed by atoms with Gasteiger partial charge in [0.2, 0.25) is 0 Å². The third kappa shape index (κ3) is 1.12. The van der Waals surface area contributed by atoms with Gasteiger partial charge in [-0.3, -0.25) is 5.73 Å². The molecule has 0 fully saturated rings. The number of rotatable bonds is 0. The van der Waals surface area contributed by atoms with Crippen LogP contribution >= 0.6 is 11.3 Å². The summed E-state index contributed by atoms with van der Waals surface area (Å²) in [5.41, 5.74) is 7.42. The molecule has 3 heteroatoms. The normalized spacial score (nSPS) is 20.5. The lowest BCUT2D eigenvalue weighted by Gasteiger charge is -2.26. The van der Waals surface area contributed by atoms with Crippen LogP contribution < -0.4 is 10.7 Å². The summed E-state index contributed by atoms with van der Waals surface area (Å²) >= 11 is 1.71. The number of aryl methyl sites for hydroxylation is 1. The highest BCUT2D eigenvalue weighted by Gasteiger charge is 2.33.